The van der Waals surface area contributed by atoms with Gasteiger partial charge >= 0.3 is 0 Å². The van der Waals surface area contributed by atoms with Crippen molar-refractivity contribution >= 4 is 15.5 Å². The van der Waals surface area contributed by atoms with E-state index in [2.05, 4.69) is 0 Å². The average Bonchev–Trinajstić information content (AvgIpc) is 2.39. The molecule has 0 fully saturated rings. The molecular formula is C13H14N2O2S. The van der Waals surface area contributed by atoms with Gasteiger partial charge in [0.2, 0.25) is 0 Å². The number of nitrogen functional groups attached to an aromatic ring is 1. The highest BCUT2D eigenvalue weighted by Gasteiger charge is 2.24. The SMILES string of the molecule is Nc1ccc(S(=O)(=O)C(N)c2ccccc2)cc1. The van der Waals surface area contributed by atoms with Gasteiger partial charge in [0.05, 0.1) is 4.90 Å². The normalized spacial score (nSPS) is 13.2. The van der Waals surface area contributed by atoms with Crippen LogP contribution in [0.5, 0.6) is 0 Å². The van der Waals surface area contributed by atoms with Crippen molar-refractivity contribution in [1.82, 2.24) is 0 Å². The van der Waals surface area contributed by atoms with Gasteiger partial charge in [-0.3, -0.25) is 0 Å². The number of hydrogen-bond donors (Lipinski definition) is 2. The second kappa shape index (κ2) is 4.80. The Morgan fingerprint density at radius 3 is 2.00 bits per heavy atom. The summed E-state index contributed by atoms with van der Waals surface area (Å²) in [5.74, 6) is 0. The predicted molar refractivity (Wildman–Crippen MR) is 71.4 cm³/mol. The lowest BCUT2D eigenvalue weighted by atomic mass is 10.2. The minimum atomic E-state index is -3.59. The molecule has 4 N–H and O–H groups in total. The summed E-state index contributed by atoms with van der Waals surface area (Å²) >= 11 is 0. The van der Waals surface area contributed by atoms with Crippen LogP contribution in [0.4, 0.5) is 5.69 Å². The van der Waals surface area contributed by atoms with E-state index in [1.165, 1.54) is 12.1 Å². The highest BCUT2D eigenvalue weighted by atomic mass is 32.2. The molecule has 0 spiro atoms. The van der Waals surface area contributed by atoms with Crippen LogP contribution in [0.15, 0.2) is 59.5 Å². The molecule has 2 aromatic rings. The molecule has 0 amide bonds. The molecule has 0 bridgehead atoms. The van der Waals surface area contributed by atoms with E-state index >= 15 is 0 Å². The molecule has 94 valence electrons. The quantitative estimate of drug-likeness (QED) is 0.824. The molecule has 18 heavy (non-hydrogen) atoms. The number of sulfone groups is 1. The molecule has 0 aliphatic heterocycles. The summed E-state index contributed by atoms with van der Waals surface area (Å²) in [4.78, 5) is 0.174. The first-order valence-corrected chi connectivity index (χ1v) is 6.96. The average molecular weight is 262 g/mol. The Kier molecular flexibility index (Phi) is 3.36. The van der Waals surface area contributed by atoms with E-state index in [0.29, 0.717) is 11.3 Å². The van der Waals surface area contributed by atoms with Gasteiger partial charge in [-0.05, 0) is 29.8 Å². The second-order valence-electron chi connectivity index (χ2n) is 3.95. The fraction of sp³-hybridized carbons (Fsp3) is 0.0769. The van der Waals surface area contributed by atoms with E-state index in [1.54, 1.807) is 36.4 Å². The summed E-state index contributed by atoms with van der Waals surface area (Å²) in [5.41, 5.74) is 12.4. The van der Waals surface area contributed by atoms with Gasteiger partial charge in [0.25, 0.3) is 0 Å². The van der Waals surface area contributed by atoms with E-state index in [1.807, 2.05) is 6.07 Å². The van der Waals surface area contributed by atoms with Crippen LogP contribution in [-0.4, -0.2) is 8.42 Å². The van der Waals surface area contributed by atoms with Crippen LogP contribution >= 0.6 is 0 Å². The number of benzene rings is 2. The van der Waals surface area contributed by atoms with Crippen molar-refractivity contribution in [2.24, 2.45) is 5.73 Å². The molecule has 1 atom stereocenters. The number of nitrogens with two attached hydrogens (primary N) is 2. The molecule has 0 aliphatic rings. The highest BCUT2D eigenvalue weighted by molar-refractivity contribution is 7.91. The lowest BCUT2D eigenvalue weighted by molar-refractivity contribution is 0.584. The molecule has 5 heteroatoms. The predicted octanol–water partition coefficient (Wildman–Crippen LogP) is 1.70. The number of anilines is 1. The van der Waals surface area contributed by atoms with Gasteiger partial charge in [-0.1, -0.05) is 30.3 Å². The molecule has 4 nitrogen and oxygen atoms in total. The van der Waals surface area contributed by atoms with E-state index in [-0.39, 0.29) is 4.90 Å². The molecule has 0 heterocycles. The summed E-state index contributed by atoms with van der Waals surface area (Å²) < 4.78 is 24.6. The third-order valence-corrected chi connectivity index (χ3v) is 4.54. The maximum Gasteiger partial charge on any atom is 0.198 e. The van der Waals surface area contributed by atoms with Crippen LogP contribution in [0, 0.1) is 0 Å². The number of hydrogen-bond acceptors (Lipinski definition) is 4. The van der Waals surface area contributed by atoms with E-state index in [0.717, 1.165) is 0 Å². The Hall–Kier alpha value is -1.85. The largest absolute Gasteiger partial charge is 0.399 e. The molecule has 0 radical (unpaired) electrons. The molecule has 0 aromatic heterocycles. The first-order valence-electron chi connectivity index (χ1n) is 5.42. The van der Waals surface area contributed by atoms with Gasteiger partial charge in [-0.2, -0.15) is 0 Å². The minimum absolute atomic E-state index is 0.174. The van der Waals surface area contributed by atoms with Crippen LogP contribution < -0.4 is 11.5 Å². The molecule has 0 saturated heterocycles. The third-order valence-electron chi connectivity index (χ3n) is 2.67. The standard InChI is InChI=1S/C13H14N2O2S/c14-11-6-8-12(9-7-11)18(16,17)13(15)10-4-2-1-3-5-10/h1-9,13H,14-15H2. The Labute approximate surface area is 106 Å². The van der Waals surface area contributed by atoms with Crippen molar-refractivity contribution in [1.29, 1.82) is 0 Å². The first kappa shape index (κ1) is 12.6. The molecule has 2 aromatic carbocycles. The van der Waals surface area contributed by atoms with E-state index < -0.39 is 15.2 Å². The second-order valence-corrected chi connectivity index (χ2v) is 6.01. The fourth-order valence-electron chi connectivity index (χ4n) is 1.63. The lowest BCUT2D eigenvalue weighted by Gasteiger charge is -2.13. The highest BCUT2D eigenvalue weighted by Crippen LogP contribution is 2.24. The summed E-state index contributed by atoms with van der Waals surface area (Å²) in [7, 11) is -3.59. The van der Waals surface area contributed by atoms with Crippen LogP contribution in [0.2, 0.25) is 0 Å². The smallest absolute Gasteiger partial charge is 0.198 e. The topological polar surface area (TPSA) is 86.2 Å². The molecule has 0 saturated carbocycles. The zero-order chi connectivity index (χ0) is 13.2. The van der Waals surface area contributed by atoms with Gasteiger partial charge in [0, 0.05) is 5.69 Å². The Morgan fingerprint density at radius 2 is 1.44 bits per heavy atom. The van der Waals surface area contributed by atoms with Gasteiger partial charge in [0.15, 0.2) is 9.84 Å². The van der Waals surface area contributed by atoms with Gasteiger partial charge in [-0.15, -0.1) is 0 Å². The van der Waals surface area contributed by atoms with Crippen molar-refractivity contribution in [3.8, 4) is 0 Å². The molecule has 2 rings (SSSR count). The molecule has 0 aliphatic carbocycles. The van der Waals surface area contributed by atoms with Gasteiger partial charge in [0.1, 0.15) is 5.37 Å². The van der Waals surface area contributed by atoms with Gasteiger partial charge < -0.3 is 11.5 Å². The monoisotopic (exact) mass is 262 g/mol. The Bertz CT molecular complexity index is 622. The van der Waals surface area contributed by atoms with Crippen LogP contribution in [0.25, 0.3) is 0 Å². The van der Waals surface area contributed by atoms with Crippen molar-refractivity contribution in [3.63, 3.8) is 0 Å². The van der Waals surface area contributed by atoms with Crippen molar-refractivity contribution < 1.29 is 8.42 Å². The zero-order valence-corrected chi connectivity index (χ0v) is 10.5. The Balaban J connectivity index is 2.40. The van der Waals surface area contributed by atoms with Gasteiger partial charge in [-0.25, -0.2) is 8.42 Å². The first-order chi connectivity index (χ1) is 8.51. The van der Waals surface area contributed by atoms with Crippen molar-refractivity contribution in [2.75, 3.05) is 5.73 Å². The van der Waals surface area contributed by atoms with Crippen LogP contribution in [-0.2, 0) is 9.84 Å². The maximum absolute atomic E-state index is 12.3. The molecular weight excluding hydrogens is 248 g/mol. The zero-order valence-electron chi connectivity index (χ0n) is 9.65. The summed E-state index contributed by atoms with van der Waals surface area (Å²) in [5, 5.41) is -1.07. The van der Waals surface area contributed by atoms with E-state index in [4.69, 9.17) is 11.5 Å². The number of rotatable bonds is 3. The molecule has 1 unspecified atom stereocenters. The summed E-state index contributed by atoms with van der Waals surface area (Å²) in [6.45, 7) is 0. The fourth-order valence-corrected chi connectivity index (χ4v) is 2.95. The van der Waals surface area contributed by atoms with Crippen molar-refractivity contribution in [3.05, 3.63) is 60.2 Å². The summed E-state index contributed by atoms with van der Waals surface area (Å²) in [6, 6.07) is 14.7. The van der Waals surface area contributed by atoms with E-state index in [9.17, 15) is 8.42 Å². The van der Waals surface area contributed by atoms with Crippen LogP contribution in [0.3, 0.4) is 0 Å². The summed E-state index contributed by atoms with van der Waals surface area (Å²) in [6.07, 6.45) is 0. The minimum Gasteiger partial charge on any atom is -0.399 e. The lowest BCUT2D eigenvalue weighted by Crippen LogP contribution is -2.21. The third kappa shape index (κ3) is 2.37. The van der Waals surface area contributed by atoms with Crippen molar-refractivity contribution in [2.45, 2.75) is 10.3 Å². The maximum atomic E-state index is 12.3. The van der Waals surface area contributed by atoms with Crippen LogP contribution in [0.1, 0.15) is 10.9 Å². The Morgan fingerprint density at radius 1 is 0.889 bits per heavy atom.